The Labute approximate surface area is 158 Å². The minimum atomic E-state index is 0.0463. The quantitative estimate of drug-likeness (QED) is 0.888. The zero-order chi connectivity index (χ0) is 18.5. The van der Waals surface area contributed by atoms with E-state index in [-0.39, 0.29) is 23.8 Å². The third-order valence-corrected chi connectivity index (χ3v) is 6.51. The van der Waals surface area contributed by atoms with E-state index in [1.165, 1.54) is 0 Å². The van der Waals surface area contributed by atoms with Crippen LogP contribution in [0, 0.1) is 11.8 Å². The van der Waals surface area contributed by atoms with Gasteiger partial charge < -0.3 is 9.80 Å². The molecule has 2 aliphatic heterocycles. The van der Waals surface area contributed by atoms with Crippen molar-refractivity contribution in [2.75, 3.05) is 19.6 Å². The van der Waals surface area contributed by atoms with Crippen molar-refractivity contribution < 1.29 is 9.59 Å². The predicted molar refractivity (Wildman–Crippen MR) is 100 cm³/mol. The first-order valence-electron chi connectivity index (χ1n) is 9.81. The highest BCUT2D eigenvalue weighted by Crippen LogP contribution is 2.45. The number of aryl methyl sites for hydroxylation is 1. The number of nitrogens with one attached hydrogen (secondary N) is 1. The van der Waals surface area contributed by atoms with Crippen molar-refractivity contribution in [2.24, 2.45) is 11.8 Å². The minimum Gasteiger partial charge on any atom is -0.337 e. The van der Waals surface area contributed by atoms with E-state index in [0.717, 1.165) is 42.6 Å². The topological polar surface area (TPSA) is 69.3 Å². The molecule has 1 aliphatic carbocycles. The number of hydrogen-bond acceptors (Lipinski definition) is 3. The summed E-state index contributed by atoms with van der Waals surface area (Å²) in [7, 11) is 0. The van der Waals surface area contributed by atoms with Gasteiger partial charge in [-0.1, -0.05) is 30.3 Å². The Balaban J connectivity index is 1.41. The van der Waals surface area contributed by atoms with Crippen molar-refractivity contribution in [1.29, 1.82) is 0 Å². The van der Waals surface area contributed by atoms with Gasteiger partial charge in [-0.15, -0.1) is 0 Å². The minimum absolute atomic E-state index is 0.0463. The summed E-state index contributed by atoms with van der Waals surface area (Å²) in [6, 6.07) is 10.3. The third-order valence-electron chi connectivity index (χ3n) is 6.51. The molecule has 140 valence electrons. The Hall–Kier alpha value is -2.63. The molecule has 27 heavy (non-hydrogen) atoms. The standard InChI is InChI=1S/C21H24N4O2/c1-13(26)25-11-15-10-24(12-17(15)20(25)14-6-3-2-4-7-14)21(27)19-16-8-5-9-18(16)22-23-19/h2-4,6-7,15,17,20H,5,8-12H2,1H3,(H,22,23)/t15-,17-,20+/m1/s1. The molecule has 0 bridgehead atoms. The van der Waals surface area contributed by atoms with Gasteiger partial charge in [0.25, 0.3) is 5.91 Å². The van der Waals surface area contributed by atoms with Gasteiger partial charge in [-0.2, -0.15) is 5.10 Å². The molecule has 2 amide bonds. The molecule has 5 rings (SSSR count). The number of aromatic nitrogens is 2. The Kier molecular flexibility index (Phi) is 3.81. The normalized spacial score (nSPS) is 26.3. The molecule has 3 aliphatic rings. The van der Waals surface area contributed by atoms with Crippen LogP contribution in [0.2, 0.25) is 0 Å². The smallest absolute Gasteiger partial charge is 0.274 e. The summed E-state index contributed by atoms with van der Waals surface area (Å²) in [6.45, 7) is 3.77. The number of rotatable bonds is 2. The maximum Gasteiger partial charge on any atom is 0.274 e. The summed E-state index contributed by atoms with van der Waals surface area (Å²) in [5.74, 6) is 0.772. The number of nitrogens with zero attached hydrogens (tertiary/aromatic N) is 3. The molecule has 1 aromatic carbocycles. The summed E-state index contributed by atoms with van der Waals surface area (Å²) in [4.78, 5) is 29.3. The zero-order valence-corrected chi connectivity index (χ0v) is 15.5. The number of amides is 2. The van der Waals surface area contributed by atoms with E-state index in [1.54, 1.807) is 6.92 Å². The molecule has 3 atom stereocenters. The molecule has 0 unspecified atom stereocenters. The van der Waals surface area contributed by atoms with Crippen LogP contribution in [0.3, 0.4) is 0 Å². The van der Waals surface area contributed by atoms with Crippen molar-refractivity contribution in [2.45, 2.75) is 32.2 Å². The molecule has 3 heterocycles. The molecule has 0 saturated carbocycles. The van der Waals surface area contributed by atoms with E-state index in [0.29, 0.717) is 24.7 Å². The van der Waals surface area contributed by atoms with Crippen LogP contribution in [0.5, 0.6) is 0 Å². The highest BCUT2D eigenvalue weighted by molar-refractivity contribution is 5.94. The van der Waals surface area contributed by atoms with Crippen LogP contribution in [0.4, 0.5) is 0 Å². The Morgan fingerprint density at radius 1 is 1.11 bits per heavy atom. The summed E-state index contributed by atoms with van der Waals surface area (Å²) in [6.07, 6.45) is 3.03. The second kappa shape index (κ2) is 6.22. The average molecular weight is 364 g/mol. The Bertz CT molecular complexity index is 891. The third kappa shape index (κ3) is 2.58. The van der Waals surface area contributed by atoms with Gasteiger partial charge in [0.05, 0.1) is 6.04 Å². The van der Waals surface area contributed by atoms with Crippen LogP contribution < -0.4 is 0 Å². The van der Waals surface area contributed by atoms with E-state index in [2.05, 4.69) is 22.3 Å². The van der Waals surface area contributed by atoms with Crippen molar-refractivity contribution in [3.8, 4) is 0 Å². The number of hydrogen-bond donors (Lipinski definition) is 1. The fraction of sp³-hybridized carbons (Fsp3) is 0.476. The molecule has 2 saturated heterocycles. The lowest BCUT2D eigenvalue weighted by atomic mass is 9.89. The van der Waals surface area contributed by atoms with Gasteiger partial charge in [0.15, 0.2) is 5.69 Å². The average Bonchev–Trinajstić information content (AvgIpc) is 3.40. The fourth-order valence-corrected chi connectivity index (χ4v) is 5.26. The maximum atomic E-state index is 13.1. The van der Waals surface area contributed by atoms with E-state index >= 15 is 0 Å². The molecule has 2 fully saturated rings. The molecule has 1 aromatic heterocycles. The molecular formula is C21H24N4O2. The van der Waals surface area contributed by atoms with Gasteiger partial charge in [0, 0.05) is 49.7 Å². The van der Waals surface area contributed by atoms with Gasteiger partial charge in [0.2, 0.25) is 5.91 Å². The van der Waals surface area contributed by atoms with Gasteiger partial charge in [0.1, 0.15) is 0 Å². The summed E-state index contributed by atoms with van der Waals surface area (Å²) in [5, 5.41) is 7.36. The number of benzene rings is 1. The SMILES string of the molecule is CC(=O)N1C[C@H]2CN(C(=O)c3n[nH]c4c3CCC4)C[C@H]2[C@@H]1c1ccccc1. The lowest BCUT2D eigenvalue weighted by Gasteiger charge is -2.29. The van der Waals surface area contributed by atoms with Crippen molar-refractivity contribution in [1.82, 2.24) is 20.0 Å². The highest BCUT2D eigenvalue weighted by atomic mass is 16.2. The van der Waals surface area contributed by atoms with Crippen molar-refractivity contribution >= 4 is 11.8 Å². The summed E-state index contributed by atoms with van der Waals surface area (Å²) in [5.41, 5.74) is 4.02. The number of carbonyl (C=O) groups is 2. The number of likely N-dealkylation sites (tertiary alicyclic amines) is 2. The van der Waals surface area contributed by atoms with Gasteiger partial charge in [-0.3, -0.25) is 14.7 Å². The first kappa shape index (κ1) is 16.5. The van der Waals surface area contributed by atoms with Crippen molar-refractivity contribution in [3.63, 3.8) is 0 Å². The second-order valence-corrected chi connectivity index (χ2v) is 8.04. The molecule has 6 nitrogen and oxygen atoms in total. The van der Waals surface area contributed by atoms with Crippen LogP contribution in [0.25, 0.3) is 0 Å². The summed E-state index contributed by atoms with van der Waals surface area (Å²) < 4.78 is 0. The first-order valence-corrected chi connectivity index (χ1v) is 9.81. The van der Waals surface area contributed by atoms with Gasteiger partial charge in [-0.25, -0.2) is 0 Å². The molecule has 2 aromatic rings. The van der Waals surface area contributed by atoms with Crippen LogP contribution in [-0.2, 0) is 17.6 Å². The number of H-pyrrole nitrogens is 1. The lowest BCUT2D eigenvalue weighted by Crippen LogP contribution is -2.36. The first-order chi connectivity index (χ1) is 13.1. The number of fused-ring (bicyclic) bond motifs is 2. The van der Waals surface area contributed by atoms with Crippen LogP contribution in [0.15, 0.2) is 30.3 Å². The summed E-state index contributed by atoms with van der Waals surface area (Å²) >= 11 is 0. The fourth-order valence-electron chi connectivity index (χ4n) is 5.26. The van der Waals surface area contributed by atoms with Gasteiger partial charge in [-0.05, 0) is 24.8 Å². The molecule has 1 N–H and O–H groups in total. The van der Waals surface area contributed by atoms with Crippen LogP contribution >= 0.6 is 0 Å². The lowest BCUT2D eigenvalue weighted by molar-refractivity contribution is -0.130. The van der Waals surface area contributed by atoms with Crippen LogP contribution in [-0.4, -0.2) is 51.4 Å². The largest absolute Gasteiger partial charge is 0.337 e. The number of aromatic amines is 1. The highest BCUT2D eigenvalue weighted by Gasteiger charge is 2.49. The van der Waals surface area contributed by atoms with E-state index in [4.69, 9.17) is 0 Å². The van der Waals surface area contributed by atoms with E-state index < -0.39 is 0 Å². The molecular weight excluding hydrogens is 340 g/mol. The van der Waals surface area contributed by atoms with E-state index in [1.807, 2.05) is 28.0 Å². The van der Waals surface area contributed by atoms with E-state index in [9.17, 15) is 9.59 Å². The van der Waals surface area contributed by atoms with Gasteiger partial charge >= 0.3 is 0 Å². The molecule has 0 spiro atoms. The Morgan fingerprint density at radius 2 is 1.93 bits per heavy atom. The predicted octanol–water partition coefficient (Wildman–Crippen LogP) is 2.19. The second-order valence-electron chi connectivity index (χ2n) is 8.04. The monoisotopic (exact) mass is 364 g/mol. The van der Waals surface area contributed by atoms with Crippen LogP contribution in [0.1, 0.15) is 46.7 Å². The Morgan fingerprint density at radius 3 is 2.70 bits per heavy atom. The van der Waals surface area contributed by atoms with Crippen molar-refractivity contribution in [3.05, 3.63) is 52.8 Å². The number of carbonyl (C=O) groups excluding carboxylic acids is 2. The zero-order valence-electron chi connectivity index (χ0n) is 15.5. The molecule has 0 radical (unpaired) electrons. The molecule has 6 heteroatoms. The maximum absolute atomic E-state index is 13.1.